The molecular weight excluding hydrogens is 418 g/mol. The highest BCUT2D eigenvalue weighted by Crippen LogP contribution is 2.44. The Morgan fingerprint density at radius 1 is 0.758 bits per heavy atom. The van der Waals surface area contributed by atoms with E-state index < -0.39 is 17.7 Å². The Labute approximate surface area is 189 Å². The zero-order valence-electron chi connectivity index (χ0n) is 17.3. The number of anilines is 1. The van der Waals surface area contributed by atoms with Crippen molar-refractivity contribution in [1.29, 1.82) is 0 Å². The van der Waals surface area contributed by atoms with E-state index >= 15 is 0 Å². The number of Topliss-reactive ketones (excluding diaryl/α,β-unsaturated/α-hetero) is 1. The fraction of sp³-hybridized carbons (Fsp3) is 0.0370. The predicted molar refractivity (Wildman–Crippen MR) is 125 cm³/mol. The molecule has 1 unspecified atom stereocenters. The fourth-order valence-electron chi connectivity index (χ4n) is 4.21. The number of nitrogens with zero attached hydrogens (tertiary/aromatic N) is 1. The first kappa shape index (κ1) is 20.3. The molecule has 0 radical (unpaired) electrons. The van der Waals surface area contributed by atoms with Crippen LogP contribution in [-0.4, -0.2) is 27.0 Å². The van der Waals surface area contributed by atoms with E-state index in [2.05, 4.69) is 0 Å². The lowest BCUT2D eigenvalue weighted by Gasteiger charge is -2.26. The smallest absolute Gasteiger partial charge is 0.300 e. The third kappa shape index (κ3) is 3.38. The van der Waals surface area contributed by atoms with Crippen LogP contribution in [-0.2, 0) is 9.59 Å². The second-order valence-electron chi connectivity index (χ2n) is 7.81. The number of aromatic hydroxyl groups is 2. The Bertz CT molecular complexity index is 1440. The third-order valence-electron chi connectivity index (χ3n) is 5.82. The van der Waals surface area contributed by atoms with Crippen LogP contribution in [0.2, 0.25) is 0 Å². The van der Waals surface area contributed by atoms with Crippen molar-refractivity contribution in [3.05, 3.63) is 108 Å². The number of carbonyl (C=O) groups excluding carboxylic acids is 2. The number of benzene rings is 4. The van der Waals surface area contributed by atoms with Gasteiger partial charge in [0.05, 0.1) is 17.3 Å². The molecule has 4 aromatic carbocycles. The Morgan fingerprint density at radius 3 is 2.15 bits per heavy atom. The van der Waals surface area contributed by atoms with Crippen molar-refractivity contribution in [3.63, 3.8) is 0 Å². The van der Waals surface area contributed by atoms with Crippen LogP contribution in [0.25, 0.3) is 16.5 Å². The fourth-order valence-corrected chi connectivity index (χ4v) is 4.21. The van der Waals surface area contributed by atoms with Gasteiger partial charge in [-0.1, -0.05) is 60.7 Å². The van der Waals surface area contributed by atoms with Gasteiger partial charge < -0.3 is 15.3 Å². The van der Waals surface area contributed by atoms with Crippen molar-refractivity contribution in [2.24, 2.45) is 0 Å². The van der Waals surface area contributed by atoms with Crippen molar-refractivity contribution in [2.75, 3.05) is 4.90 Å². The number of phenols is 2. The number of hydrogen-bond donors (Lipinski definition) is 3. The predicted octanol–water partition coefficient (Wildman–Crippen LogP) is 4.88. The van der Waals surface area contributed by atoms with Gasteiger partial charge in [-0.05, 0) is 46.7 Å². The van der Waals surface area contributed by atoms with Crippen LogP contribution in [0, 0.1) is 0 Å². The summed E-state index contributed by atoms with van der Waals surface area (Å²) in [6.07, 6.45) is 0. The maximum Gasteiger partial charge on any atom is 0.300 e. The van der Waals surface area contributed by atoms with Crippen molar-refractivity contribution in [1.82, 2.24) is 0 Å². The van der Waals surface area contributed by atoms with Gasteiger partial charge in [0.2, 0.25) is 0 Å². The van der Waals surface area contributed by atoms with Gasteiger partial charge in [0, 0.05) is 5.56 Å². The van der Waals surface area contributed by atoms with Crippen LogP contribution in [0.15, 0.2) is 96.6 Å². The number of ketones is 1. The van der Waals surface area contributed by atoms with E-state index in [1.807, 2.05) is 30.3 Å². The van der Waals surface area contributed by atoms with Crippen LogP contribution in [0.1, 0.15) is 17.2 Å². The monoisotopic (exact) mass is 437 g/mol. The summed E-state index contributed by atoms with van der Waals surface area (Å²) in [5, 5.41) is 33.3. The third-order valence-corrected chi connectivity index (χ3v) is 5.82. The normalized spacial score (nSPS) is 17.6. The molecule has 33 heavy (non-hydrogen) atoms. The molecule has 3 N–H and O–H groups in total. The second-order valence-corrected chi connectivity index (χ2v) is 7.81. The van der Waals surface area contributed by atoms with Crippen LogP contribution in [0.3, 0.4) is 0 Å². The molecule has 1 aliphatic rings. The minimum atomic E-state index is -0.995. The molecule has 0 bridgehead atoms. The van der Waals surface area contributed by atoms with Crippen molar-refractivity contribution >= 4 is 33.9 Å². The topological polar surface area (TPSA) is 98.1 Å². The average molecular weight is 437 g/mol. The van der Waals surface area contributed by atoms with Gasteiger partial charge in [0.25, 0.3) is 11.7 Å². The first-order valence-corrected chi connectivity index (χ1v) is 10.3. The molecule has 1 atom stereocenters. The summed E-state index contributed by atoms with van der Waals surface area (Å²) < 4.78 is 0. The second kappa shape index (κ2) is 7.84. The molecule has 5 rings (SSSR count). The Hall–Kier alpha value is -4.58. The van der Waals surface area contributed by atoms with Crippen molar-refractivity contribution in [3.8, 4) is 11.5 Å². The average Bonchev–Trinajstić information content (AvgIpc) is 3.09. The van der Waals surface area contributed by atoms with Crippen LogP contribution in [0.4, 0.5) is 5.69 Å². The summed E-state index contributed by atoms with van der Waals surface area (Å²) in [5.41, 5.74) is 0.949. The van der Waals surface area contributed by atoms with E-state index in [9.17, 15) is 24.9 Å². The molecule has 4 aromatic rings. The van der Waals surface area contributed by atoms with Crippen LogP contribution < -0.4 is 4.90 Å². The number of amides is 1. The Balaban J connectivity index is 1.74. The number of hydrogen-bond acceptors (Lipinski definition) is 5. The van der Waals surface area contributed by atoms with E-state index in [0.29, 0.717) is 11.1 Å². The van der Waals surface area contributed by atoms with E-state index in [1.165, 1.54) is 29.2 Å². The minimum Gasteiger partial charge on any atom is -0.508 e. The number of para-hydroxylation sites is 2. The lowest BCUT2D eigenvalue weighted by Crippen LogP contribution is -2.29. The van der Waals surface area contributed by atoms with Crippen LogP contribution in [0.5, 0.6) is 11.5 Å². The number of phenolic OH excluding ortho intramolecular Hbond substituents is 2. The number of aliphatic hydroxyl groups excluding tert-OH is 1. The molecule has 0 spiro atoms. The highest BCUT2D eigenvalue weighted by atomic mass is 16.3. The molecule has 0 aliphatic carbocycles. The molecule has 0 saturated carbocycles. The van der Waals surface area contributed by atoms with Crippen molar-refractivity contribution in [2.45, 2.75) is 6.04 Å². The Morgan fingerprint density at radius 2 is 1.42 bits per heavy atom. The summed E-state index contributed by atoms with van der Waals surface area (Å²) in [4.78, 5) is 27.5. The minimum absolute atomic E-state index is 0.0211. The molecule has 1 saturated heterocycles. The summed E-state index contributed by atoms with van der Waals surface area (Å²) in [7, 11) is 0. The molecular formula is C27H19NO5. The zero-order chi connectivity index (χ0) is 23.1. The highest BCUT2D eigenvalue weighted by Gasteiger charge is 2.47. The first-order valence-electron chi connectivity index (χ1n) is 10.3. The largest absolute Gasteiger partial charge is 0.508 e. The van der Waals surface area contributed by atoms with Gasteiger partial charge in [-0.3, -0.25) is 14.5 Å². The van der Waals surface area contributed by atoms with Gasteiger partial charge in [-0.15, -0.1) is 0 Å². The summed E-state index contributed by atoms with van der Waals surface area (Å²) in [6, 6.07) is 24.1. The van der Waals surface area contributed by atoms with Gasteiger partial charge in [0.1, 0.15) is 17.3 Å². The number of aliphatic hydroxyl groups is 1. The SMILES string of the molecule is O=C1C(=O)N(c2ccccc2O)C(c2ccc(O)cc2)/C1=C(/O)c1ccc2ccccc2c1. The zero-order valence-corrected chi connectivity index (χ0v) is 17.3. The number of rotatable bonds is 3. The van der Waals surface area contributed by atoms with Gasteiger partial charge in [-0.2, -0.15) is 0 Å². The molecule has 1 aliphatic heterocycles. The molecule has 1 amide bonds. The molecule has 1 fully saturated rings. The van der Waals surface area contributed by atoms with Gasteiger partial charge >= 0.3 is 0 Å². The first-order chi connectivity index (χ1) is 16.0. The van der Waals surface area contributed by atoms with Gasteiger partial charge in [-0.25, -0.2) is 0 Å². The summed E-state index contributed by atoms with van der Waals surface area (Å²) in [5.74, 6) is -2.18. The maximum absolute atomic E-state index is 13.2. The maximum atomic E-state index is 13.2. The highest BCUT2D eigenvalue weighted by molar-refractivity contribution is 6.52. The number of carbonyl (C=O) groups is 2. The molecule has 0 aromatic heterocycles. The molecule has 6 nitrogen and oxygen atoms in total. The van der Waals surface area contributed by atoms with Gasteiger partial charge in [0.15, 0.2) is 0 Å². The molecule has 162 valence electrons. The lowest BCUT2D eigenvalue weighted by molar-refractivity contribution is -0.132. The summed E-state index contributed by atoms with van der Waals surface area (Å²) >= 11 is 0. The van der Waals surface area contributed by atoms with E-state index in [-0.39, 0.29) is 28.5 Å². The standard InChI is InChI=1S/C27H19NO5/c29-20-13-11-17(12-14-20)24-23(25(31)19-10-9-16-5-1-2-6-18(16)15-19)26(32)27(33)28(24)21-7-3-4-8-22(21)30/h1-15,24,29-31H/b25-23-. The van der Waals surface area contributed by atoms with E-state index in [0.717, 1.165) is 10.8 Å². The Kier molecular flexibility index (Phi) is 4.83. The van der Waals surface area contributed by atoms with Crippen molar-refractivity contribution < 1.29 is 24.9 Å². The van der Waals surface area contributed by atoms with E-state index in [1.54, 1.807) is 36.4 Å². The lowest BCUT2D eigenvalue weighted by atomic mass is 9.94. The quantitative estimate of drug-likeness (QED) is 0.241. The summed E-state index contributed by atoms with van der Waals surface area (Å²) in [6.45, 7) is 0. The molecule has 6 heteroatoms. The van der Waals surface area contributed by atoms with Crippen LogP contribution >= 0.6 is 0 Å². The number of fused-ring (bicyclic) bond motifs is 1. The van der Waals surface area contributed by atoms with E-state index in [4.69, 9.17) is 0 Å². The molecule has 1 heterocycles.